The van der Waals surface area contributed by atoms with Gasteiger partial charge in [-0.15, -0.1) is 0 Å². The first kappa shape index (κ1) is 14.9. The van der Waals surface area contributed by atoms with Crippen molar-refractivity contribution in [2.24, 2.45) is 0 Å². The van der Waals surface area contributed by atoms with Crippen molar-refractivity contribution in [1.82, 2.24) is 14.6 Å². The molecule has 2 heterocycles. The molecule has 1 aliphatic rings. The summed E-state index contributed by atoms with van der Waals surface area (Å²) in [4.78, 5) is 28.8. The summed E-state index contributed by atoms with van der Waals surface area (Å²) >= 11 is 1.38. The van der Waals surface area contributed by atoms with E-state index in [2.05, 4.69) is 10.1 Å². The zero-order chi connectivity index (χ0) is 16.7. The Balaban J connectivity index is 1.54. The van der Waals surface area contributed by atoms with Crippen molar-refractivity contribution in [3.8, 4) is 0 Å². The lowest BCUT2D eigenvalue weighted by Gasteiger charge is -2.04. The fourth-order valence-corrected chi connectivity index (χ4v) is 3.37. The molecule has 0 N–H and O–H groups in total. The molecule has 0 amide bonds. The third kappa shape index (κ3) is 2.92. The highest BCUT2D eigenvalue weighted by atomic mass is 32.1. The Morgan fingerprint density at radius 3 is 2.96 bits per heavy atom. The van der Waals surface area contributed by atoms with Crippen LogP contribution in [-0.2, 0) is 11.3 Å². The molecule has 0 radical (unpaired) electrons. The maximum absolute atomic E-state index is 13.1. The summed E-state index contributed by atoms with van der Waals surface area (Å²) in [5.74, 6) is -0.746. The van der Waals surface area contributed by atoms with Gasteiger partial charge in [-0.25, -0.2) is 14.2 Å². The maximum atomic E-state index is 13.1. The highest BCUT2D eigenvalue weighted by Crippen LogP contribution is 2.41. The van der Waals surface area contributed by atoms with Gasteiger partial charge in [0, 0.05) is 12.0 Å². The van der Waals surface area contributed by atoms with Crippen molar-refractivity contribution in [1.29, 1.82) is 0 Å². The van der Waals surface area contributed by atoms with Gasteiger partial charge in [-0.05, 0) is 31.0 Å². The van der Waals surface area contributed by atoms with Crippen LogP contribution in [0.2, 0.25) is 0 Å². The Morgan fingerprint density at radius 2 is 2.21 bits per heavy atom. The van der Waals surface area contributed by atoms with Gasteiger partial charge in [0.05, 0.1) is 11.3 Å². The van der Waals surface area contributed by atoms with Gasteiger partial charge < -0.3 is 4.74 Å². The molecule has 3 aromatic rings. The maximum Gasteiger partial charge on any atom is 0.338 e. The molecule has 4 rings (SSSR count). The molecule has 0 bridgehead atoms. The van der Waals surface area contributed by atoms with E-state index in [0.717, 1.165) is 23.9 Å². The fraction of sp³-hybridized carbons (Fsp3) is 0.250. The standard InChI is InChI=1S/C16H12FN3O3S/c17-11-3-1-2-10(6-11)15(22)23-8-12-7-13(21)20-16(18-12)24-14(19-20)9-4-5-9/h1-3,6-7,9H,4-5,8H2. The summed E-state index contributed by atoms with van der Waals surface area (Å²) in [6, 6.07) is 6.52. The van der Waals surface area contributed by atoms with Crippen molar-refractivity contribution in [3.05, 3.63) is 62.8 Å². The highest BCUT2D eigenvalue weighted by Gasteiger charge is 2.28. The summed E-state index contributed by atoms with van der Waals surface area (Å²) < 4.78 is 19.5. The second-order valence-electron chi connectivity index (χ2n) is 5.58. The first-order chi connectivity index (χ1) is 11.6. The molecule has 122 valence electrons. The van der Waals surface area contributed by atoms with Gasteiger partial charge in [-0.3, -0.25) is 4.79 Å². The van der Waals surface area contributed by atoms with Gasteiger partial charge in [0.25, 0.3) is 5.56 Å². The monoisotopic (exact) mass is 345 g/mol. The molecule has 24 heavy (non-hydrogen) atoms. The molecule has 2 aromatic heterocycles. The number of benzene rings is 1. The van der Waals surface area contributed by atoms with E-state index in [1.54, 1.807) is 0 Å². The van der Waals surface area contributed by atoms with Crippen LogP contribution in [-0.4, -0.2) is 20.6 Å². The van der Waals surface area contributed by atoms with Gasteiger partial charge in [-0.1, -0.05) is 17.4 Å². The molecule has 0 unspecified atom stereocenters. The Labute approximate surface area is 139 Å². The third-order valence-corrected chi connectivity index (χ3v) is 4.72. The predicted molar refractivity (Wildman–Crippen MR) is 84.6 cm³/mol. The number of hydrogen-bond donors (Lipinski definition) is 0. The summed E-state index contributed by atoms with van der Waals surface area (Å²) in [5, 5.41) is 5.19. The number of carbonyl (C=O) groups is 1. The Bertz CT molecular complexity index is 994. The van der Waals surface area contributed by atoms with Gasteiger partial charge in [0.15, 0.2) is 0 Å². The van der Waals surface area contributed by atoms with Crippen molar-refractivity contribution < 1.29 is 13.9 Å². The van der Waals surface area contributed by atoms with Crippen molar-refractivity contribution in [2.45, 2.75) is 25.4 Å². The van der Waals surface area contributed by atoms with Crippen LogP contribution in [0.15, 0.2) is 35.1 Å². The molecule has 0 saturated heterocycles. The molecule has 0 atom stereocenters. The van der Waals surface area contributed by atoms with E-state index in [1.807, 2.05) is 0 Å². The number of esters is 1. The summed E-state index contributed by atoms with van der Waals surface area (Å²) in [6.07, 6.45) is 2.18. The van der Waals surface area contributed by atoms with Crippen molar-refractivity contribution in [3.63, 3.8) is 0 Å². The van der Waals surface area contributed by atoms with Crippen LogP contribution in [0, 0.1) is 5.82 Å². The van der Waals surface area contributed by atoms with E-state index in [0.29, 0.717) is 16.6 Å². The van der Waals surface area contributed by atoms with Crippen LogP contribution in [0.25, 0.3) is 4.96 Å². The molecular formula is C16H12FN3O3S. The first-order valence-corrected chi connectivity index (χ1v) is 8.24. The molecule has 1 aliphatic carbocycles. The van der Waals surface area contributed by atoms with Gasteiger partial charge in [0.2, 0.25) is 4.96 Å². The van der Waals surface area contributed by atoms with Crippen molar-refractivity contribution in [2.75, 3.05) is 0 Å². The third-order valence-electron chi connectivity index (χ3n) is 3.65. The van der Waals surface area contributed by atoms with Crippen molar-refractivity contribution >= 4 is 22.3 Å². The topological polar surface area (TPSA) is 73.6 Å². The number of aromatic nitrogens is 3. The minimum Gasteiger partial charge on any atom is -0.456 e. The minimum absolute atomic E-state index is 0.113. The normalized spacial score (nSPS) is 14.0. The lowest BCUT2D eigenvalue weighted by atomic mass is 10.2. The molecule has 1 saturated carbocycles. The van der Waals surface area contributed by atoms with E-state index in [-0.39, 0.29) is 17.7 Å². The van der Waals surface area contributed by atoms with E-state index in [9.17, 15) is 14.0 Å². The highest BCUT2D eigenvalue weighted by molar-refractivity contribution is 7.16. The van der Waals surface area contributed by atoms with Gasteiger partial charge >= 0.3 is 5.97 Å². The number of nitrogens with zero attached hydrogens (tertiary/aromatic N) is 3. The van der Waals surface area contributed by atoms with E-state index >= 15 is 0 Å². The minimum atomic E-state index is -0.667. The quantitative estimate of drug-likeness (QED) is 0.679. The number of rotatable bonds is 4. The molecular weight excluding hydrogens is 333 g/mol. The first-order valence-electron chi connectivity index (χ1n) is 7.42. The number of fused-ring (bicyclic) bond motifs is 1. The summed E-state index contributed by atoms with van der Waals surface area (Å²) in [5.41, 5.74) is 0.150. The Morgan fingerprint density at radius 1 is 1.38 bits per heavy atom. The Hall–Kier alpha value is -2.61. The average Bonchev–Trinajstić information content (AvgIpc) is 3.32. The van der Waals surface area contributed by atoms with E-state index in [4.69, 9.17) is 4.74 Å². The molecule has 1 fully saturated rings. The van der Waals surface area contributed by atoms with Gasteiger partial charge in [0.1, 0.15) is 17.4 Å². The second-order valence-corrected chi connectivity index (χ2v) is 6.57. The lowest BCUT2D eigenvalue weighted by molar-refractivity contribution is 0.0467. The number of ether oxygens (including phenoxy) is 1. The number of halogens is 1. The van der Waals surface area contributed by atoms with Crippen LogP contribution in [0.3, 0.4) is 0 Å². The van der Waals surface area contributed by atoms with Crippen LogP contribution in [0.5, 0.6) is 0 Å². The fourth-order valence-electron chi connectivity index (χ4n) is 2.28. The average molecular weight is 345 g/mol. The largest absolute Gasteiger partial charge is 0.456 e. The zero-order valence-corrected chi connectivity index (χ0v) is 13.3. The number of hydrogen-bond acceptors (Lipinski definition) is 6. The van der Waals surface area contributed by atoms with Crippen LogP contribution >= 0.6 is 11.3 Å². The molecule has 0 spiro atoms. The smallest absolute Gasteiger partial charge is 0.338 e. The predicted octanol–water partition coefficient (Wildman–Crippen LogP) is 2.52. The summed E-state index contributed by atoms with van der Waals surface area (Å²) in [6.45, 7) is -0.155. The molecule has 1 aromatic carbocycles. The SMILES string of the molecule is O=C(OCc1cc(=O)n2nc(C3CC3)sc2n1)c1cccc(F)c1. The molecule has 8 heteroatoms. The Kier molecular flexibility index (Phi) is 3.61. The molecule has 0 aliphatic heterocycles. The molecule has 6 nitrogen and oxygen atoms in total. The zero-order valence-electron chi connectivity index (χ0n) is 12.4. The second kappa shape index (κ2) is 5.79. The summed E-state index contributed by atoms with van der Waals surface area (Å²) in [7, 11) is 0. The lowest BCUT2D eigenvalue weighted by Crippen LogP contribution is -2.16. The van der Waals surface area contributed by atoms with Crippen LogP contribution in [0.1, 0.15) is 39.8 Å². The van der Waals surface area contributed by atoms with E-state index < -0.39 is 11.8 Å². The van der Waals surface area contributed by atoms with Crippen LogP contribution in [0.4, 0.5) is 4.39 Å². The van der Waals surface area contributed by atoms with E-state index in [1.165, 1.54) is 40.1 Å². The number of carbonyl (C=O) groups excluding carboxylic acids is 1. The van der Waals surface area contributed by atoms with Crippen LogP contribution < -0.4 is 5.56 Å². The van der Waals surface area contributed by atoms with Gasteiger partial charge in [-0.2, -0.15) is 9.61 Å².